The molecule has 0 atom stereocenters. The fourth-order valence-electron chi connectivity index (χ4n) is 2.81. The Bertz CT molecular complexity index is 1250. The van der Waals surface area contributed by atoms with Crippen LogP contribution in [0.3, 0.4) is 0 Å². The van der Waals surface area contributed by atoms with E-state index < -0.39 is 9.84 Å². The largest absolute Gasteiger partial charge is 0.294 e. The molecule has 0 radical (unpaired) electrons. The van der Waals surface area contributed by atoms with Gasteiger partial charge in [0.05, 0.1) is 34.4 Å². The van der Waals surface area contributed by atoms with Crippen LogP contribution < -0.4 is 5.56 Å². The van der Waals surface area contributed by atoms with E-state index in [0.29, 0.717) is 21.5 Å². The van der Waals surface area contributed by atoms with Crippen molar-refractivity contribution in [2.24, 2.45) is 0 Å². The predicted molar refractivity (Wildman–Crippen MR) is 107 cm³/mol. The third-order valence-electron chi connectivity index (χ3n) is 4.17. The molecular formula is C20H17ClN2O3S. The number of benzene rings is 2. The molecule has 0 aliphatic heterocycles. The van der Waals surface area contributed by atoms with Crippen LogP contribution in [0, 0.1) is 11.8 Å². The van der Waals surface area contributed by atoms with E-state index in [4.69, 9.17) is 11.6 Å². The monoisotopic (exact) mass is 400 g/mol. The zero-order valence-corrected chi connectivity index (χ0v) is 16.4. The standard InChI is InChI=1S/C20H17ClN2O3S/c1-3-5-14-6-8-18-17(10-14)20(24)23(13-22-18)12-15-11-16(21)7-9-19(15)27(25,26)4-2/h6-11,13H,4,12H2,1-2H3. The van der Waals surface area contributed by atoms with Gasteiger partial charge in [0.1, 0.15) is 0 Å². The first-order valence-electron chi connectivity index (χ1n) is 8.29. The van der Waals surface area contributed by atoms with E-state index in [1.54, 1.807) is 38.1 Å². The van der Waals surface area contributed by atoms with Crippen molar-refractivity contribution in [3.8, 4) is 11.8 Å². The van der Waals surface area contributed by atoms with Gasteiger partial charge in [-0.1, -0.05) is 24.4 Å². The Hall–Kier alpha value is -2.62. The van der Waals surface area contributed by atoms with E-state index in [1.165, 1.54) is 23.0 Å². The van der Waals surface area contributed by atoms with Crippen molar-refractivity contribution in [2.45, 2.75) is 25.3 Å². The Kier molecular flexibility index (Phi) is 5.36. The first-order chi connectivity index (χ1) is 12.9. The molecule has 2 aromatic carbocycles. The molecule has 0 amide bonds. The summed E-state index contributed by atoms with van der Waals surface area (Å²) in [5, 5.41) is 0.835. The van der Waals surface area contributed by atoms with Gasteiger partial charge in [-0.15, -0.1) is 5.92 Å². The molecule has 3 aromatic rings. The fourth-order valence-corrected chi connectivity index (χ4v) is 4.11. The second-order valence-electron chi connectivity index (χ2n) is 5.94. The fraction of sp³-hybridized carbons (Fsp3) is 0.200. The van der Waals surface area contributed by atoms with E-state index in [9.17, 15) is 13.2 Å². The molecule has 0 spiro atoms. The number of halogens is 1. The average molecular weight is 401 g/mol. The van der Waals surface area contributed by atoms with E-state index in [-0.39, 0.29) is 22.8 Å². The number of nitrogens with zero attached hydrogens (tertiary/aromatic N) is 2. The first kappa shape index (κ1) is 19.2. The molecule has 3 rings (SSSR count). The molecule has 27 heavy (non-hydrogen) atoms. The van der Waals surface area contributed by atoms with Gasteiger partial charge in [0.25, 0.3) is 5.56 Å². The van der Waals surface area contributed by atoms with Gasteiger partial charge >= 0.3 is 0 Å². The SMILES string of the molecule is CC#Cc1ccc2ncn(Cc3cc(Cl)ccc3S(=O)(=O)CC)c(=O)c2c1. The van der Waals surface area contributed by atoms with Crippen molar-refractivity contribution in [2.75, 3.05) is 5.75 Å². The molecule has 0 bridgehead atoms. The number of aromatic nitrogens is 2. The Morgan fingerprint density at radius 1 is 1.19 bits per heavy atom. The molecule has 0 saturated carbocycles. The summed E-state index contributed by atoms with van der Waals surface area (Å²) in [6, 6.07) is 9.82. The molecule has 138 valence electrons. The molecule has 0 saturated heterocycles. The topological polar surface area (TPSA) is 69.0 Å². The van der Waals surface area contributed by atoms with Crippen molar-refractivity contribution < 1.29 is 8.42 Å². The van der Waals surface area contributed by atoms with Crippen LogP contribution in [0.1, 0.15) is 25.0 Å². The van der Waals surface area contributed by atoms with E-state index >= 15 is 0 Å². The van der Waals surface area contributed by atoms with Crippen molar-refractivity contribution >= 4 is 32.3 Å². The molecule has 1 aromatic heterocycles. The minimum absolute atomic E-state index is 0.0362. The van der Waals surface area contributed by atoms with Crippen molar-refractivity contribution in [3.63, 3.8) is 0 Å². The van der Waals surface area contributed by atoms with Crippen LogP contribution in [0.4, 0.5) is 0 Å². The summed E-state index contributed by atoms with van der Waals surface area (Å²) < 4.78 is 26.1. The van der Waals surface area contributed by atoms with Gasteiger partial charge in [0.2, 0.25) is 0 Å². The van der Waals surface area contributed by atoms with Crippen LogP contribution in [0.2, 0.25) is 5.02 Å². The lowest BCUT2D eigenvalue weighted by molar-refractivity contribution is 0.595. The van der Waals surface area contributed by atoms with Gasteiger partial charge < -0.3 is 0 Å². The third kappa shape index (κ3) is 3.90. The summed E-state index contributed by atoms with van der Waals surface area (Å²) in [7, 11) is -3.45. The van der Waals surface area contributed by atoms with Crippen molar-refractivity contribution in [1.29, 1.82) is 0 Å². The maximum atomic E-state index is 12.9. The van der Waals surface area contributed by atoms with Crippen LogP contribution >= 0.6 is 11.6 Å². The quantitative estimate of drug-likeness (QED) is 0.630. The molecule has 5 nitrogen and oxygen atoms in total. The molecule has 0 fully saturated rings. The maximum Gasteiger partial charge on any atom is 0.261 e. The van der Waals surface area contributed by atoms with Crippen LogP contribution in [0.15, 0.2) is 52.4 Å². The first-order valence-corrected chi connectivity index (χ1v) is 10.3. The number of sulfone groups is 1. The minimum atomic E-state index is -3.45. The summed E-state index contributed by atoms with van der Waals surface area (Å²) in [6.45, 7) is 3.36. The molecule has 0 N–H and O–H groups in total. The zero-order valence-electron chi connectivity index (χ0n) is 14.9. The second kappa shape index (κ2) is 7.55. The number of hydrogen-bond donors (Lipinski definition) is 0. The maximum absolute atomic E-state index is 12.9. The van der Waals surface area contributed by atoms with E-state index in [1.807, 2.05) is 0 Å². The highest BCUT2D eigenvalue weighted by molar-refractivity contribution is 7.91. The van der Waals surface area contributed by atoms with Crippen LogP contribution in [0.25, 0.3) is 10.9 Å². The summed E-state index contributed by atoms with van der Waals surface area (Å²) in [5.41, 5.74) is 1.47. The van der Waals surface area contributed by atoms with Crippen LogP contribution in [-0.4, -0.2) is 23.7 Å². The molecule has 7 heteroatoms. The van der Waals surface area contributed by atoms with Gasteiger partial charge in [-0.05, 0) is 48.9 Å². The number of fused-ring (bicyclic) bond motifs is 1. The molecule has 0 aliphatic rings. The number of rotatable bonds is 4. The lowest BCUT2D eigenvalue weighted by Gasteiger charge is -2.12. The van der Waals surface area contributed by atoms with Crippen molar-refractivity contribution in [1.82, 2.24) is 9.55 Å². The normalized spacial score (nSPS) is 11.2. The summed E-state index contributed by atoms with van der Waals surface area (Å²) >= 11 is 6.05. The van der Waals surface area contributed by atoms with Gasteiger partial charge in [-0.2, -0.15) is 0 Å². The highest BCUT2D eigenvalue weighted by atomic mass is 35.5. The Labute approximate surface area is 162 Å². The Morgan fingerprint density at radius 3 is 2.67 bits per heavy atom. The highest BCUT2D eigenvalue weighted by Crippen LogP contribution is 2.22. The summed E-state index contributed by atoms with van der Waals surface area (Å²) in [4.78, 5) is 17.4. The average Bonchev–Trinajstić information content (AvgIpc) is 2.64. The van der Waals surface area contributed by atoms with Gasteiger partial charge in [0.15, 0.2) is 9.84 Å². The van der Waals surface area contributed by atoms with Crippen LogP contribution in [0.5, 0.6) is 0 Å². The Balaban J connectivity index is 2.15. The molecule has 0 aliphatic carbocycles. The third-order valence-corrected chi connectivity index (χ3v) is 6.24. The van der Waals surface area contributed by atoms with Crippen LogP contribution in [-0.2, 0) is 16.4 Å². The lowest BCUT2D eigenvalue weighted by atomic mass is 10.1. The smallest absolute Gasteiger partial charge is 0.261 e. The second-order valence-corrected chi connectivity index (χ2v) is 8.62. The molecule has 1 heterocycles. The minimum Gasteiger partial charge on any atom is -0.294 e. The zero-order chi connectivity index (χ0) is 19.6. The summed E-state index contributed by atoms with van der Waals surface area (Å²) in [6.07, 6.45) is 1.42. The Morgan fingerprint density at radius 2 is 1.96 bits per heavy atom. The number of hydrogen-bond acceptors (Lipinski definition) is 4. The van der Waals surface area contributed by atoms with E-state index in [0.717, 1.165) is 5.56 Å². The predicted octanol–water partition coefficient (Wildman–Crippen LogP) is 3.26. The molecular weight excluding hydrogens is 384 g/mol. The van der Waals surface area contributed by atoms with Gasteiger partial charge in [0, 0.05) is 10.6 Å². The van der Waals surface area contributed by atoms with Crippen molar-refractivity contribution in [3.05, 3.63) is 69.2 Å². The lowest BCUT2D eigenvalue weighted by Crippen LogP contribution is -2.22. The highest BCUT2D eigenvalue weighted by Gasteiger charge is 2.18. The van der Waals surface area contributed by atoms with Gasteiger partial charge in [-0.25, -0.2) is 13.4 Å². The summed E-state index contributed by atoms with van der Waals surface area (Å²) in [5.74, 6) is 5.68. The van der Waals surface area contributed by atoms with E-state index in [2.05, 4.69) is 16.8 Å². The van der Waals surface area contributed by atoms with Gasteiger partial charge in [-0.3, -0.25) is 9.36 Å². The molecule has 0 unspecified atom stereocenters.